The molecule has 3 aliphatic rings. The second-order valence-corrected chi connectivity index (χ2v) is 7.21. The fraction of sp³-hybridized carbons (Fsp3) is 1.00. The average Bonchev–Trinajstić information content (AvgIpc) is 2.52. The summed E-state index contributed by atoms with van der Waals surface area (Å²) in [5, 5.41) is 0. The van der Waals surface area contributed by atoms with Crippen molar-refractivity contribution in [3.8, 4) is 0 Å². The van der Waals surface area contributed by atoms with E-state index in [4.69, 9.17) is 4.74 Å². The van der Waals surface area contributed by atoms with Crippen LogP contribution in [0, 0.1) is 5.41 Å². The van der Waals surface area contributed by atoms with Gasteiger partial charge in [0.1, 0.15) is 0 Å². The van der Waals surface area contributed by atoms with E-state index in [1.54, 1.807) is 0 Å². The number of ether oxygens (including phenoxy) is 1. The van der Waals surface area contributed by atoms with Crippen molar-refractivity contribution in [1.82, 2.24) is 9.80 Å². The van der Waals surface area contributed by atoms with Crippen molar-refractivity contribution in [2.45, 2.75) is 51.4 Å². The molecule has 1 saturated carbocycles. The molecule has 1 spiro atoms. The van der Waals surface area contributed by atoms with Gasteiger partial charge in [0, 0.05) is 13.1 Å². The maximum atomic E-state index is 5.41. The molecule has 0 radical (unpaired) electrons. The topological polar surface area (TPSA) is 15.7 Å². The fourth-order valence-corrected chi connectivity index (χ4v) is 4.40. The smallest absolute Gasteiger partial charge is 0.0594 e. The maximum Gasteiger partial charge on any atom is 0.0594 e. The third-order valence-electron chi connectivity index (χ3n) is 5.88. The Kier molecular flexibility index (Phi) is 7.27. The Labute approximate surface area is 136 Å². The van der Waals surface area contributed by atoms with E-state index in [0.717, 1.165) is 31.7 Å². The summed E-state index contributed by atoms with van der Waals surface area (Å²) in [6.45, 7) is 9.47. The van der Waals surface area contributed by atoms with Gasteiger partial charge in [-0.05, 0) is 63.7 Å². The van der Waals surface area contributed by atoms with Crippen molar-refractivity contribution in [2.24, 2.45) is 5.41 Å². The lowest BCUT2D eigenvalue weighted by Crippen LogP contribution is -2.42. The van der Waals surface area contributed by atoms with Crippen LogP contribution < -0.4 is 0 Å². The molecule has 4 heteroatoms. The number of rotatable bonds is 4. The second-order valence-electron chi connectivity index (χ2n) is 7.21. The van der Waals surface area contributed by atoms with E-state index in [9.17, 15) is 0 Å². The first-order chi connectivity index (χ1) is 9.86. The van der Waals surface area contributed by atoms with Crippen LogP contribution in [0.1, 0.15) is 51.4 Å². The molecule has 0 amide bonds. The third-order valence-corrected chi connectivity index (χ3v) is 5.88. The number of likely N-dealkylation sites (tertiary alicyclic amines) is 1. The molecule has 0 aromatic rings. The molecule has 0 bridgehead atoms. The molecule has 2 heterocycles. The van der Waals surface area contributed by atoms with E-state index < -0.39 is 0 Å². The summed E-state index contributed by atoms with van der Waals surface area (Å²) < 4.78 is 5.41. The van der Waals surface area contributed by atoms with Crippen molar-refractivity contribution < 1.29 is 4.74 Å². The number of halogens is 1. The number of morpholine rings is 1. The lowest BCUT2D eigenvalue weighted by Gasteiger charge is -2.44. The summed E-state index contributed by atoms with van der Waals surface area (Å²) in [6, 6.07) is 0. The third kappa shape index (κ3) is 5.09. The summed E-state index contributed by atoms with van der Waals surface area (Å²) in [6.07, 6.45) is 11.8. The van der Waals surface area contributed by atoms with Crippen LogP contribution in [0.2, 0.25) is 0 Å². The number of piperidine rings is 1. The van der Waals surface area contributed by atoms with Gasteiger partial charge < -0.3 is 9.64 Å². The number of hydrogen-bond donors (Lipinski definition) is 0. The van der Waals surface area contributed by atoms with Crippen LogP contribution in [0.25, 0.3) is 0 Å². The largest absolute Gasteiger partial charge is 0.379 e. The Bertz CT molecular complexity index is 279. The van der Waals surface area contributed by atoms with E-state index in [1.165, 1.54) is 77.5 Å². The molecule has 0 atom stereocenters. The highest BCUT2D eigenvalue weighted by Crippen LogP contribution is 2.44. The molecule has 21 heavy (non-hydrogen) atoms. The first kappa shape index (κ1) is 17.5. The molecule has 0 unspecified atom stereocenters. The standard InChI is InChI=1S/C17H32N2O.ClH/c1-2-5-17(6-3-1)7-11-18(12-8-17)9-4-10-19-13-15-20-16-14-19;/h1-16H2;1H. The first-order valence-electron chi connectivity index (χ1n) is 8.89. The Morgan fingerprint density at radius 2 is 1.29 bits per heavy atom. The summed E-state index contributed by atoms with van der Waals surface area (Å²) in [7, 11) is 0. The normalized spacial score (nSPS) is 27.4. The zero-order valence-electron chi connectivity index (χ0n) is 13.5. The Morgan fingerprint density at radius 3 is 1.90 bits per heavy atom. The van der Waals surface area contributed by atoms with Gasteiger partial charge in [-0.3, -0.25) is 4.90 Å². The molecular weight excluding hydrogens is 284 g/mol. The van der Waals surface area contributed by atoms with Gasteiger partial charge in [-0.1, -0.05) is 19.3 Å². The van der Waals surface area contributed by atoms with Crippen molar-refractivity contribution >= 4 is 12.4 Å². The average molecular weight is 317 g/mol. The molecule has 1 aliphatic carbocycles. The molecule has 124 valence electrons. The van der Waals surface area contributed by atoms with Crippen molar-refractivity contribution in [3.63, 3.8) is 0 Å². The van der Waals surface area contributed by atoms with E-state index in [-0.39, 0.29) is 12.4 Å². The van der Waals surface area contributed by atoms with E-state index in [0.29, 0.717) is 0 Å². The van der Waals surface area contributed by atoms with Gasteiger partial charge in [0.05, 0.1) is 13.2 Å². The fourth-order valence-electron chi connectivity index (χ4n) is 4.40. The minimum atomic E-state index is 0. The summed E-state index contributed by atoms with van der Waals surface area (Å²) in [5.41, 5.74) is 0.763. The van der Waals surface area contributed by atoms with Crippen LogP contribution >= 0.6 is 12.4 Å². The van der Waals surface area contributed by atoms with Crippen LogP contribution in [-0.4, -0.2) is 62.3 Å². The van der Waals surface area contributed by atoms with Crippen molar-refractivity contribution in [2.75, 3.05) is 52.5 Å². The van der Waals surface area contributed by atoms with Crippen LogP contribution in [-0.2, 0) is 4.74 Å². The SMILES string of the molecule is C1CCC2(CC1)CCN(CCCN1CCOCC1)CC2.Cl. The molecule has 0 N–H and O–H groups in total. The van der Waals surface area contributed by atoms with Gasteiger partial charge in [0.25, 0.3) is 0 Å². The first-order valence-corrected chi connectivity index (χ1v) is 8.89. The second kappa shape index (κ2) is 8.71. The quantitative estimate of drug-likeness (QED) is 0.792. The predicted molar refractivity (Wildman–Crippen MR) is 90.3 cm³/mol. The summed E-state index contributed by atoms with van der Waals surface area (Å²) >= 11 is 0. The molecule has 3 nitrogen and oxygen atoms in total. The molecule has 3 rings (SSSR count). The zero-order chi connectivity index (χ0) is 13.7. The molecular formula is C17H33ClN2O. The van der Waals surface area contributed by atoms with E-state index in [2.05, 4.69) is 9.80 Å². The molecule has 0 aromatic carbocycles. The number of hydrogen-bond acceptors (Lipinski definition) is 3. The monoisotopic (exact) mass is 316 g/mol. The van der Waals surface area contributed by atoms with Crippen molar-refractivity contribution in [3.05, 3.63) is 0 Å². The van der Waals surface area contributed by atoms with Crippen LogP contribution in [0.5, 0.6) is 0 Å². The highest BCUT2D eigenvalue weighted by atomic mass is 35.5. The van der Waals surface area contributed by atoms with Crippen molar-refractivity contribution in [1.29, 1.82) is 0 Å². The van der Waals surface area contributed by atoms with E-state index in [1.807, 2.05) is 0 Å². The molecule has 3 fully saturated rings. The lowest BCUT2D eigenvalue weighted by atomic mass is 9.68. The van der Waals surface area contributed by atoms with Gasteiger partial charge in [-0.25, -0.2) is 0 Å². The Balaban J connectivity index is 0.00000161. The van der Waals surface area contributed by atoms with Crippen LogP contribution in [0.15, 0.2) is 0 Å². The zero-order valence-corrected chi connectivity index (χ0v) is 14.3. The molecule has 2 saturated heterocycles. The minimum Gasteiger partial charge on any atom is -0.379 e. The van der Waals surface area contributed by atoms with Gasteiger partial charge in [-0.2, -0.15) is 0 Å². The highest BCUT2D eigenvalue weighted by Gasteiger charge is 2.35. The summed E-state index contributed by atoms with van der Waals surface area (Å²) in [4.78, 5) is 5.29. The molecule has 0 aromatic heterocycles. The predicted octanol–water partition coefficient (Wildman–Crippen LogP) is 3.18. The van der Waals surface area contributed by atoms with E-state index >= 15 is 0 Å². The molecule has 2 aliphatic heterocycles. The lowest BCUT2D eigenvalue weighted by molar-refractivity contribution is 0.0326. The minimum absolute atomic E-state index is 0. The maximum absolute atomic E-state index is 5.41. The van der Waals surface area contributed by atoms with Crippen LogP contribution in [0.3, 0.4) is 0 Å². The van der Waals surface area contributed by atoms with Crippen LogP contribution in [0.4, 0.5) is 0 Å². The van der Waals surface area contributed by atoms with Gasteiger partial charge in [-0.15, -0.1) is 12.4 Å². The number of nitrogens with zero attached hydrogens (tertiary/aromatic N) is 2. The highest BCUT2D eigenvalue weighted by molar-refractivity contribution is 5.85. The summed E-state index contributed by atoms with van der Waals surface area (Å²) in [5.74, 6) is 0. The van der Waals surface area contributed by atoms with Gasteiger partial charge >= 0.3 is 0 Å². The van der Waals surface area contributed by atoms with Gasteiger partial charge in [0.2, 0.25) is 0 Å². The van der Waals surface area contributed by atoms with Gasteiger partial charge in [0.15, 0.2) is 0 Å². The Morgan fingerprint density at radius 1 is 0.714 bits per heavy atom. The Hall–Kier alpha value is 0.170.